The third-order valence-electron chi connectivity index (χ3n) is 3.75. The third kappa shape index (κ3) is 3.28. The van der Waals surface area contributed by atoms with Gasteiger partial charge in [-0.25, -0.2) is 0 Å². The highest BCUT2D eigenvalue weighted by Crippen LogP contribution is 2.22. The smallest absolute Gasteiger partial charge is 0.254 e. The largest absolute Gasteiger partial charge is 0.334 e. The van der Waals surface area contributed by atoms with Crippen molar-refractivity contribution in [2.24, 2.45) is 0 Å². The molecule has 0 aromatic heterocycles. The van der Waals surface area contributed by atoms with Gasteiger partial charge in [0, 0.05) is 29.7 Å². The van der Waals surface area contributed by atoms with Crippen LogP contribution in [0.1, 0.15) is 35.2 Å². The molecule has 1 fully saturated rings. The zero-order valence-electron chi connectivity index (χ0n) is 11.6. The van der Waals surface area contributed by atoms with Crippen LogP contribution in [0.3, 0.4) is 0 Å². The Kier molecular flexibility index (Phi) is 4.83. The average molecular weight is 281 g/mol. The monoisotopic (exact) mass is 280 g/mol. The molecule has 0 saturated carbocycles. The van der Waals surface area contributed by atoms with E-state index in [4.69, 9.17) is 11.6 Å². The van der Waals surface area contributed by atoms with E-state index in [2.05, 4.69) is 5.32 Å². The number of nitrogens with zero attached hydrogens (tertiary/aromatic N) is 1. The van der Waals surface area contributed by atoms with Crippen molar-refractivity contribution in [1.82, 2.24) is 10.2 Å². The Bertz CT molecular complexity index is 459. The first-order valence-corrected chi connectivity index (χ1v) is 7.23. The summed E-state index contributed by atoms with van der Waals surface area (Å²) >= 11 is 6.11. The zero-order valence-corrected chi connectivity index (χ0v) is 12.3. The second-order valence-electron chi connectivity index (χ2n) is 5.17. The van der Waals surface area contributed by atoms with Crippen molar-refractivity contribution in [3.05, 3.63) is 34.3 Å². The number of aryl methyl sites for hydroxylation is 1. The standard InChI is InChI=1S/C15H21ClN2O/c1-11-6-7-12(9-14(11)16)15(19)18-8-4-3-5-13(18)10-17-2/h6-7,9,13,17H,3-5,8,10H2,1-2H3. The van der Waals surface area contributed by atoms with Crippen LogP contribution in [-0.4, -0.2) is 37.0 Å². The van der Waals surface area contributed by atoms with Gasteiger partial charge in [-0.1, -0.05) is 17.7 Å². The van der Waals surface area contributed by atoms with E-state index < -0.39 is 0 Å². The molecule has 0 bridgehead atoms. The molecule has 1 aromatic carbocycles. The van der Waals surface area contributed by atoms with Gasteiger partial charge in [-0.3, -0.25) is 4.79 Å². The molecule has 3 nitrogen and oxygen atoms in total. The summed E-state index contributed by atoms with van der Waals surface area (Å²) in [5.41, 5.74) is 1.70. The van der Waals surface area contributed by atoms with Gasteiger partial charge < -0.3 is 10.2 Å². The molecule has 0 spiro atoms. The predicted molar refractivity (Wildman–Crippen MR) is 78.8 cm³/mol. The van der Waals surface area contributed by atoms with Crippen LogP contribution in [0.4, 0.5) is 0 Å². The molecule has 1 aromatic rings. The fourth-order valence-electron chi connectivity index (χ4n) is 2.61. The van der Waals surface area contributed by atoms with Crippen molar-refractivity contribution in [3.8, 4) is 0 Å². The molecule has 2 rings (SSSR count). The van der Waals surface area contributed by atoms with Crippen LogP contribution in [0.15, 0.2) is 18.2 Å². The number of rotatable bonds is 3. The second-order valence-corrected chi connectivity index (χ2v) is 5.58. The van der Waals surface area contributed by atoms with E-state index >= 15 is 0 Å². The van der Waals surface area contributed by atoms with Gasteiger partial charge in [-0.05, 0) is 50.9 Å². The van der Waals surface area contributed by atoms with Crippen molar-refractivity contribution < 1.29 is 4.79 Å². The molecule has 4 heteroatoms. The van der Waals surface area contributed by atoms with Gasteiger partial charge in [-0.2, -0.15) is 0 Å². The van der Waals surface area contributed by atoms with Crippen molar-refractivity contribution in [2.45, 2.75) is 32.2 Å². The molecule has 1 unspecified atom stereocenters. The van der Waals surface area contributed by atoms with Gasteiger partial charge in [0.05, 0.1) is 0 Å². The van der Waals surface area contributed by atoms with E-state index in [-0.39, 0.29) is 5.91 Å². The lowest BCUT2D eigenvalue weighted by atomic mass is 10.0. The predicted octanol–water partition coefficient (Wildman–Crippen LogP) is 2.86. The van der Waals surface area contributed by atoms with Gasteiger partial charge in [0.25, 0.3) is 5.91 Å². The lowest BCUT2D eigenvalue weighted by Gasteiger charge is -2.35. The molecular formula is C15H21ClN2O. The first-order chi connectivity index (χ1) is 9.13. The number of hydrogen-bond donors (Lipinski definition) is 1. The minimum absolute atomic E-state index is 0.0989. The molecule has 1 heterocycles. The van der Waals surface area contributed by atoms with Crippen LogP contribution in [0.2, 0.25) is 5.02 Å². The highest BCUT2D eigenvalue weighted by atomic mass is 35.5. The van der Waals surface area contributed by atoms with Crippen LogP contribution in [0, 0.1) is 6.92 Å². The molecule has 104 valence electrons. The highest BCUT2D eigenvalue weighted by molar-refractivity contribution is 6.31. The Hall–Kier alpha value is -1.06. The molecule has 1 saturated heterocycles. The van der Waals surface area contributed by atoms with Crippen LogP contribution in [0.5, 0.6) is 0 Å². The summed E-state index contributed by atoms with van der Waals surface area (Å²) in [5, 5.41) is 3.83. The molecule has 1 amide bonds. The molecule has 1 N–H and O–H groups in total. The quantitative estimate of drug-likeness (QED) is 0.923. The van der Waals surface area contributed by atoms with Crippen LogP contribution in [0.25, 0.3) is 0 Å². The SMILES string of the molecule is CNCC1CCCCN1C(=O)c1ccc(C)c(Cl)c1. The molecule has 1 aliphatic rings. The fourth-order valence-corrected chi connectivity index (χ4v) is 2.79. The second kappa shape index (κ2) is 6.40. The maximum Gasteiger partial charge on any atom is 0.254 e. The van der Waals surface area contributed by atoms with Crippen LogP contribution >= 0.6 is 11.6 Å². The maximum atomic E-state index is 12.6. The normalized spacial score (nSPS) is 19.5. The number of carbonyl (C=O) groups is 1. The number of piperidine rings is 1. The van der Waals surface area contributed by atoms with Gasteiger partial charge >= 0.3 is 0 Å². The number of likely N-dealkylation sites (N-methyl/N-ethyl adjacent to an activating group) is 1. The zero-order chi connectivity index (χ0) is 13.8. The van der Waals surface area contributed by atoms with E-state index in [1.165, 1.54) is 6.42 Å². The fraction of sp³-hybridized carbons (Fsp3) is 0.533. The van der Waals surface area contributed by atoms with Crippen molar-refractivity contribution >= 4 is 17.5 Å². The minimum atomic E-state index is 0.0989. The molecule has 1 atom stereocenters. The summed E-state index contributed by atoms with van der Waals surface area (Å²) in [6, 6.07) is 5.86. The molecular weight excluding hydrogens is 260 g/mol. The summed E-state index contributed by atoms with van der Waals surface area (Å²) in [4.78, 5) is 14.6. The van der Waals surface area contributed by atoms with Gasteiger partial charge in [-0.15, -0.1) is 0 Å². The van der Waals surface area contributed by atoms with E-state index in [0.717, 1.165) is 31.5 Å². The summed E-state index contributed by atoms with van der Waals surface area (Å²) < 4.78 is 0. The molecule has 19 heavy (non-hydrogen) atoms. The van der Waals surface area contributed by atoms with Gasteiger partial charge in [0.1, 0.15) is 0 Å². The summed E-state index contributed by atoms with van der Waals surface area (Å²) in [6.07, 6.45) is 3.36. The number of benzene rings is 1. The van der Waals surface area contributed by atoms with Crippen LogP contribution in [-0.2, 0) is 0 Å². The third-order valence-corrected chi connectivity index (χ3v) is 4.15. The summed E-state index contributed by atoms with van der Waals surface area (Å²) in [5.74, 6) is 0.0989. The average Bonchev–Trinajstić information content (AvgIpc) is 2.42. The van der Waals surface area contributed by atoms with Crippen LogP contribution < -0.4 is 5.32 Å². The Morgan fingerprint density at radius 1 is 1.47 bits per heavy atom. The summed E-state index contributed by atoms with van der Waals surface area (Å²) in [6.45, 7) is 3.64. The Balaban J connectivity index is 2.18. The topological polar surface area (TPSA) is 32.3 Å². The van der Waals surface area contributed by atoms with E-state index in [1.807, 2.05) is 31.0 Å². The number of carbonyl (C=O) groups excluding carboxylic acids is 1. The number of amides is 1. The number of hydrogen-bond acceptors (Lipinski definition) is 2. The Morgan fingerprint density at radius 3 is 2.95 bits per heavy atom. The molecule has 1 aliphatic heterocycles. The van der Waals surface area contributed by atoms with E-state index in [0.29, 0.717) is 16.6 Å². The van der Waals surface area contributed by atoms with E-state index in [1.54, 1.807) is 6.07 Å². The van der Waals surface area contributed by atoms with Crippen molar-refractivity contribution in [1.29, 1.82) is 0 Å². The lowest BCUT2D eigenvalue weighted by molar-refractivity contribution is 0.0615. The van der Waals surface area contributed by atoms with E-state index in [9.17, 15) is 4.79 Å². The van der Waals surface area contributed by atoms with Crippen molar-refractivity contribution in [2.75, 3.05) is 20.1 Å². The first-order valence-electron chi connectivity index (χ1n) is 6.85. The van der Waals surface area contributed by atoms with Gasteiger partial charge in [0.15, 0.2) is 0 Å². The molecule has 0 radical (unpaired) electrons. The Labute approximate surface area is 119 Å². The summed E-state index contributed by atoms with van der Waals surface area (Å²) in [7, 11) is 1.93. The van der Waals surface area contributed by atoms with Crippen molar-refractivity contribution in [3.63, 3.8) is 0 Å². The first kappa shape index (κ1) is 14.4. The molecule has 0 aliphatic carbocycles. The number of nitrogens with one attached hydrogen (secondary N) is 1. The van der Waals surface area contributed by atoms with Gasteiger partial charge in [0.2, 0.25) is 0 Å². The lowest BCUT2D eigenvalue weighted by Crippen LogP contribution is -2.48. The maximum absolute atomic E-state index is 12.6. The minimum Gasteiger partial charge on any atom is -0.334 e. The number of likely N-dealkylation sites (tertiary alicyclic amines) is 1. The highest BCUT2D eigenvalue weighted by Gasteiger charge is 2.26. The number of halogens is 1. The Morgan fingerprint density at radius 2 is 2.26 bits per heavy atom.